The number of thiazole rings is 1. The van der Waals surface area contributed by atoms with Gasteiger partial charge in [-0.15, -0.1) is 11.3 Å². The fraction of sp³-hybridized carbons (Fsp3) is 0.316. The number of carbonyl (C=O) groups is 1. The third kappa shape index (κ3) is 3.15. The summed E-state index contributed by atoms with van der Waals surface area (Å²) < 4.78 is 0. The molecule has 0 spiro atoms. The molecule has 4 rings (SSSR count). The molecule has 1 fully saturated rings. The Bertz CT molecular complexity index is 975. The molecule has 3 heterocycles. The second kappa shape index (κ2) is 7.01. The first-order valence-corrected chi connectivity index (χ1v) is 9.56. The number of nitrogens with zero attached hydrogens (tertiary/aromatic N) is 3. The maximum absolute atomic E-state index is 13.0. The molecule has 0 bridgehead atoms. The van der Waals surface area contributed by atoms with Gasteiger partial charge in [0.1, 0.15) is 5.01 Å². The van der Waals surface area contributed by atoms with Crippen LogP contribution in [-0.2, 0) is 0 Å². The first-order valence-electron chi connectivity index (χ1n) is 8.68. The summed E-state index contributed by atoms with van der Waals surface area (Å²) in [7, 11) is 0. The standard InChI is InChI=1S/C19H20N4O2S/c1-13(18-20-6-11-26-18)22-7-9-23(10-8-22)19(25)15-12-17(24)21-16-5-3-2-4-14(15)16/h2-6,11-13H,7-10H2,1H3,(H,21,24)/t13-/m0/s1. The van der Waals surface area contributed by atoms with E-state index in [0.29, 0.717) is 24.2 Å². The Balaban J connectivity index is 1.52. The Morgan fingerprint density at radius 2 is 2.00 bits per heavy atom. The van der Waals surface area contributed by atoms with Gasteiger partial charge in [0, 0.05) is 54.7 Å². The van der Waals surface area contributed by atoms with Gasteiger partial charge >= 0.3 is 0 Å². The molecular weight excluding hydrogens is 348 g/mol. The molecule has 2 aromatic heterocycles. The zero-order valence-corrected chi connectivity index (χ0v) is 15.3. The molecule has 1 aromatic carbocycles. The minimum Gasteiger partial charge on any atom is -0.336 e. The van der Waals surface area contributed by atoms with Crippen molar-refractivity contribution in [2.45, 2.75) is 13.0 Å². The van der Waals surface area contributed by atoms with Gasteiger partial charge in [0.2, 0.25) is 5.56 Å². The van der Waals surface area contributed by atoms with Crippen molar-refractivity contribution in [1.82, 2.24) is 19.8 Å². The predicted octanol–water partition coefficient (Wildman–Crippen LogP) is 2.50. The molecule has 26 heavy (non-hydrogen) atoms. The van der Waals surface area contributed by atoms with E-state index in [1.807, 2.05) is 40.7 Å². The molecular formula is C19H20N4O2S. The number of benzene rings is 1. The molecule has 3 aromatic rings. The van der Waals surface area contributed by atoms with E-state index in [9.17, 15) is 9.59 Å². The molecule has 134 valence electrons. The van der Waals surface area contributed by atoms with Crippen molar-refractivity contribution >= 4 is 28.1 Å². The lowest BCUT2D eigenvalue weighted by molar-refractivity contribution is 0.0583. The van der Waals surface area contributed by atoms with Crippen molar-refractivity contribution < 1.29 is 4.79 Å². The van der Waals surface area contributed by atoms with Gasteiger partial charge in [-0.25, -0.2) is 4.98 Å². The van der Waals surface area contributed by atoms with Gasteiger partial charge in [0.05, 0.1) is 11.6 Å². The van der Waals surface area contributed by atoms with Crippen molar-refractivity contribution in [2.24, 2.45) is 0 Å². The highest BCUT2D eigenvalue weighted by Gasteiger charge is 2.27. The van der Waals surface area contributed by atoms with Crippen LogP contribution in [0.5, 0.6) is 0 Å². The summed E-state index contributed by atoms with van der Waals surface area (Å²) in [6.45, 7) is 5.05. The Hall–Kier alpha value is -2.51. The molecule has 6 nitrogen and oxygen atoms in total. The van der Waals surface area contributed by atoms with Gasteiger partial charge in [-0.2, -0.15) is 0 Å². The third-order valence-electron chi connectivity index (χ3n) is 4.94. The maximum atomic E-state index is 13.0. The summed E-state index contributed by atoms with van der Waals surface area (Å²) in [6.07, 6.45) is 1.83. The summed E-state index contributed by atoms with van der Waals surface area (Å²) in [4.78, 5) is 36.3. The molecule has 1 atom stereocenters. The van der Waals surface area contributed by atoms with Gasteiger partial charge in [-0.3, -0.25) is 14.5 Å². The summed E-state index contributed by atoms with van der Waals surface area (Å²) >= 11 is 1.66. The Morgan fingerprint density at radius 1 is 1.23 bits per heavy atom. The van der Waals surface area contributed by atoms with Crippen molar-refractivity contribution in [3.63, 3.8) is 0 Å². The van der Waals surface area contributed by atoms with Crippen molar-refractivity contribution in [3.05, 3.63) is 62.8 Å². The van der Waals surface area contributed by atoms with Crippen LogP contribution in [0.15, 0.2) is 46.7 Å². The number of para-hydroxylation sites is 1. The van der Waals surface area contributed by atoms with E-state index in [2.05, 4.69) is 21.8 Å². The molecule has 1 saturated heterocycles. The van der Waals surface area contributed by atoms with Crippen LogP contribution < -0.4 is 5.56 Å². The molecule has 0 radical (unpaired) electrons. The number of carbonyl (C=O) groups excluding carboxylic acids is 1. The monoisotopic (exact) mass is 368 g/mol. The van der Waals surface area contributed by atoms with Crippen molar-refractivity contribution in [3.8, 4) is 0 Å². The van der Waals surface area contributed by atoms with E-state index in [-0.39, 0.29) is 17.5 Å². The second-order valence-electron chi connectivity index (χ2n) is 6.47. The largest absolute Gasteiger partial charge is 0.336 e. The maximum Gasteiger partial charge on any atom is 0.254 e. The summed E-state index contributed by atoms with van der Waals surface area (Å²) in [6, 6.07) is 9.10. The van der Waals surface area contributed by atoms with E-state index < -0.39 is 0 Å². The zero-order chi connectivity index (χ0) is 18.1. The highest BCUT2D eigenvalue weighted by Crippen LogP contribution is 2.24. The first kappa shape index (κ1) is 16.9. The molecule has 0 saturated carbocycles. The van der Waals surface area contributed by atoms with Crippen LogP contribution in [0.2, 0.25) is 0 Å². The van der Waals surface area contributed by atoms with Crippen LogP contribution in [0.3, 0.4) is 0 Å². The molecule has 1 N–H and O–H groups in total. The topological polar surface area (TPSA) is 69.3 Å². The lowest BCUT2D eigenvalue weighted by Crippen LogP contribution is -2.49. The predicted molar refractivity (Wildman–Crippen MR) is 103 cm³/mol. The Morgan fingerprint density at radius 3 is 2.73 bits per heavy atom. The number of amides is 1. The van der Waals surface area contributed by atoms with Crippen LogP contribution in [0, 0.1) is 0 Å². The Labute approximate surface area is 155 Å². The number of aromatic nitrogens is 2. The van der Waals surface area contributed by atoms with E-state index in [1.165, 1.54) is 6.07 Å². The first-order chi connectivity index (χ1) is 12.6. The minimum absolute atomic E-state index is 0.0751. The molecule has 7 heteroatoms. The number of H-pyrrole nitrogens is 1. The summed E-state index contributed by atoms with van der Waals surface area (Å²) in [5.41, 5.74) is 0.924. The summed E-state index contributed by atoms with van der Waals surface area (Å²) in [5.74, 6) is -0.0751. The number of rotatable bonds is 3. The van der Waals surface area contributed by atoms with Gasteiger partial charge in [-0.05, 0) is 13.0 Å². The lowest BCUT2D eigenvalue weighted by Gasteiger charge is -2.37. The SMILES string of the molecule is C[C@@H](c1nccs1)N1CCN(C(=O)c2cc(=O)[nH]c3ccccc23)CC1. The number of fused-ring (bicyclic) bond motifs is 1. The average molecular weight is 368 g/mol. The molecule has 1 aliphatic heterocycles. The molecule has 0 unspecified atom stereocenters. The number of piperazine rings is 1. The van der Waals surface area contributed by atoms with Gasteiger partial charge in [0.15, 0.2) is 0 Å². The number of nitrogens with one attached hydrogen (secondary N) is 1. The van der Waals surface area contributed by atoms with Crippen LogP contribution in [-0.4, -0.2) is 51.9 Å². The average Bonchev–Trinajstić information content (AvgIpc) is 3.21. The number of hydrogen-bond acceptors (Lipinski definition) is 5. The number of aromatic amines is 1. The van der Waals surface area contributed by atoms with E-state index in [1.54, 1.807) is 11.3 Å². The van der Waals surface area contributed by atoms with E-state index in [0.717, 1.165) is 23.5 Å². The molecule has 0 aliphatic carbocycles. The third-order valence-corrected chi connectivity index (χ3v) is 5.88. The smallest absolute Gasteiger partial charge is 0.254 e. The van der Waals surface area contributed by atoms with Crippen molar-refractivity contribution in [2.75, 3.05) is 26.2 Å². The Kier molecular flexibility index (Phi) is 4.57. The number of hydrogen-bond donors (Lipinski definition) is 1. The fourth-order valence-electron chi connectivity index (χ4n) is 3.46. The van der Waals surface area contributed by atoms with Gasteiger partial charge in [-0.1, -0.05) is 18.2 Å². The fourth-order valence-corrected chi connectivity index (χ4v) is 4.19. The van der Waals surface area contributed by atoms with Crippen LogP contribution in [0.1, 0.15) is 28.3 Å². The molecule has 1 aliphatic rings. The van der Waals surface area contributed by atoms with Crippen molar-refractivity contribution in [1.29, 1.82) is 0 Å². The lowest BCUT2D eigenvalue weighted by atomic mass is 10.1. The minimum atomic E-state index is -0.247. The highest BCUT2D eigenvalue weighted by molar-refractivity contribution is 7.09. The molecule has 1 amide bonds. The highest BCUT2D eigenvalue weighted by atomic mass is 32.1. The normalized spacial score (nSPS) is 16.7. The van der Waals surface area contributed by atoms with Crippen LogP contribution in [0.4, 0.5) is 0 Å². The van der Waals surface area contributed by atoms with Gasteiger partial charge in [0.25, 0.3) is 5.91 Å². The van der Waals surface area contributed by atoms with E-state index in [4.69, 9.17) is 0 Å². The van der Waals surface area contributed by atoms with E-state index >= 15 is 0 Å². The van der Waals surface area contributed by atoms with Gasteiger partial charge < -0.3 is 9.88 Å². The quantitative estimate of drug-likeness (QED) is 0.771. The zero-order valence-electron chi connectivity index (χ0n) is 14.5. The van der Waals surface area contributed by atoms with Crippen LogP contribution >= 0.6 is 11.3 Å². The van der Waals surface area contributed by atoms with Crippen LogP contribution in [0.25, 0.3) is 10.9 Å². The number of pyridine rings is 1. The second-order valence-corrected chi connectivity index (χ2v) is 7.39. The summed E-state index contributed by atoms with van der Waals surface area (Å²) in [5, 5.41) is 3.88.